The van der Waals surface area contributed by atoms with Crippen LogP contribution >= 0.6 is 0 Å². The molecule has 0 aromatic carbocycles. The van der Waals surface area contributed by atoms with Crippen LogP contribution in [0.15, 0.2) is 0 Å². The lowest BCUT2D eigenvalue weighted by Crippen LogP contribution is -2.21. The predicted octanol–water partition coefficient (Wildman–Crippen LogP) is 4.46. The van der Waals surface area contributed by atoms with Crippen molar-refractivity contribution in [3.63, 3.8) is 0 Å². The first-order valence-electron chi connectivity index (χ1n) is 5.82. The molecule has 86 valence electrons. The molecule has 0 fully saturated rings. The Morgan fingerprint density at radius 2 is 1.08 bits per heavy atom. The van der Waals surface area contributed by atoms with Gasteiger partial charge in [0.05, 0.1) is 0 Å². The van der Waals surface area contributed by atoms with Crippen molar-refractivity contribution in [3.8, 4) is 0 Å². The smallest absolute Gasteiger partial charge is 0.00259 e. The van der Waals surface area contributed by atoms with Crippen molar-refractivity contribution in [1.82, 2.24) is 0 Å². The second-order valence-electron chi connectivity index (χ2n) is 2.72. The average Bonchev–Trinajstić information content (AvgIpc) is 2.26. The maximum atomic E-state index is 5.42. The Hall–Kier alpha value is -0.0400. The van der Waals surface area contributed by atoms with Gasteiger partial charge in [-0.05, 0) is 18.4 Å². The summed E-state index contributed by atoms with van der Waals surface area (Å²) in [4.78, 5) is 0. The van der Waals surface area contributed by atoms with E-state index in [2.05, 4.69) is 20.8 Å². The third-order valence-corrected chi connectivity index (χ3v) is 1.51. The van der Waals surface area contributed by atoms with Crippen LogP contribution in [-0.2, 0) is 0 Å². The molecule has 0 radical (unpaired) electrons. The highest BCUT2D eigenvalue weighted by Crippen LogP contribution is 2.15. The molecule has 0 bridgehead atoms. The second kappa shape index (κ2) is 22.7. The molecule has 0 saturated carbocycles. The molecule has 0 spiro atoms. The topological polar surface area (TPSA) is 26.0 Å². The summed E-state index contributed by atoms with van der Waals surface area (Å²) in [5, 5.41) is 0. The monoisotopic (exact) mass is 191 g/mol. The fourth-order valence-corrected chi connectivity index (χ4v) is 0.144. The van der Waals surface area contributed by atoms with Crippen molar-refractivity contribution in [2.45, 2.75) is 68.7 Å². The maximum absolute atomic E-state index is 5.42. The van der Waals surface area contributed by atoms with E-state index in [1.807, 2.05) is 41.5 Å². The number of hydrogen-bond acceptors (Lipinski definition) is 1. The van der Waals surface area contributed by atoms with Gasteiger partial charge in [-0.25, -0.2) is 0 Å². The summed E-state index contributed by atoms with van der Waals surface area (Å²) >= 11 is 0. The quantitative estimate of drug-likeness (QED) is 0.685. The van der Waals surface area contributed by atoms with E-state index in [1.165, 1.54) is 6.42 Å². The lowest BCUT2D eigenvalue weighted by Gasteiger charge is -2.18. The van der Waals surface area contributed by atoms with Crippen LogP contribution in [0.1, 0.15) is 68.7 Å². The molecule has 0 aliphatic rings. The Kier molecular flexibility index (Phi) is 40.3. The van der Waals surface area contributed by atoms with Crippen LogP contribution in [0.4, 0.5) is 0 Å². The summed E-state index contributed by atoms with van der Waals surface area (Å²) in [6.45, 7) is 19.3. The molecule has 0 aliphatic heterocycles. The molecule has 0 aromatic rings. The molecule has 2 N–H and O–H groups in total. The summed E-state index contributed by atoms with van der Waals surface area (Å²) in [5.74, 6) is 0. The molecular weight excluding hydrogens is 158 g/mol. The largest absolute Gasteiger partial charge is 0.330 e. The minimum Gasteiger partial charge on any atom is -0.330 e. The van der Waals surface area contributed by atoms with Crippen molar-refractivity contribution >= 4 is 0 Å². The molecule has 1 nitrogen and oxygen atoms in total. The predicted molar refractivity (Wildman–Crippen MR) is 67.2 cm³/mol. The highest BCUT2D eigenvalue weighted by Gasteiger charge is 2.10. The van der Waals surface area contributed by atoms with E-state index in [-0.39, 0.29) is 0 Å². The van der Waals surface area contributed by atoms with Crippen LogP contribution < -0.4 is 5.73 Å². The van der Waals surface area contributed by atoms with Crippen molar-refractivity contribution in [2.75, 3.05) is 6.54 Å². The zero-order chi connectivity index (χ0) is 11.9. The first-order chi connectivity index (χ1) is 6.12. The van der Waals surface area contributed by atoms with E-state index >= 15 is 0 Å². The van der Waals surface area contributed by atoms with Crippen molar-refractivity contribution < 1.29 is 0 Å². The Morgan fingerprint density at radius 3 is 1.08 bits per heavy atom. The SMILES string of the molecule is CC.CC.CC.CCC(C)(C)CN. The minimum absolute atomic E-state index is 0.361. The van der Waals surface area contributed by atoms with Gasteiger partial charge in [0.1, 0.15) is 0 Å². The summed E-state index contributed by atoms with van der Waals surface area (Å²) in [7, 11) is 0. The van der Waals surface area contributed by atoms with Crippen LogP contribution in [0.25, 0.3) is 0 Å². The summed E-state index contributed by atoms with van der Waals surface area (Å²) in [6.07, 6.45) is 1.17. The molecule has 13 heavy (non-hydrogen) atoms. The third kappa shape index (κ3) is 33.4. The fraction of sp³-hybridized carbons (Fsp3) is 1.00. The van der Waals surface area contributed by atoms with Crippen LogP contribution in [-0.4, -0.2) is 6.54 Å². The average molecular weight is 191 g/mol. The highest BCUT2D eigenvalue weighted by molar-refractivity contribution is 4.65. The van der Waals surface area contributed by atoms with Crippen LogP contribution in [0.2, 0.25) is 0 Å². The van der Waals surface area contributed by atoms with Gasteiger partial charge in [0, 0.05) is 0 Å². The first-order valence-corrected chi connectivity index (χ1v) is 5.82. The molecule has 0 rings (SSSR count). The molecule has 0 unspecified atom stereocenters. The molecule has 0 aliphatic carbocycles. The van der Waals surface area contributed by atoms with E-state index in [9.17, 15) is 0 Å². The zero-order valence-corrected chi connectivity index (χ0v) is 11.5. The van der Waals surface area contributed by atoms with E-state index in [0.29, 0.717) is 5.41 Å². The van der Waals surface area contributed by atoms with Gasteiger partial charge in [0.15, 0.2) is 0 Å². The highest BCUT2D eigenvalue weighted by atomic mass is 14.6. The van der Waals surface area contributed by atoms with Gasteiger partial charge in [-0.15, -0.1) is 0 Å². The summed E-state index contributed by atoms with van der Waals surface area (Å²) in [6, 6.07) is 0. The standard InChI is InChI=1S/C6H15N.3C2H6/c1-4-6(2,3)5-7;3*1-2/h4-5,7H2,1-3H3;3*1-2H3. The summed E-state index contributed by atoms with van der Waals surface area (Å²) in [5.41, 5.74) is 5.78. The molecule has 1 heteroatoms. The second-order valence-corrected chi connectivity index (χ2v) is 2.72. The van der Waals surface area contributed by atoms with E-state index < -0.39 is 0 Å². The normalized spacial score (nSPS) is 7.85. The van der Waals surface area contributed by atoms with Gasteiger partial charge in [0.2, 0.25) is 0 Å². The van der Waals surface area contributed by atoms with Gasteiger partial charge in [0.25, 0.3) is 0 Å². The van der Waals surface area contributed by atoms with Gasteiger partial charge in [-0.3, -0.25) is 0 Å². The summed E-state index contributed by atoms with van der Waals surface area (Å²) < 4.78 is 0. The Labute approximate surface area is 87.1 Å². The zero-order valence-electron chi connectivity index (χ0n) is 11.5. The van der Waals surface area contributed by atoms with Crippen LogP contribution in [0.3, 0.4) is 0 Å². The maximum Gasteiger partial charge on any atom is -0.00259 e. The Bertz CT molecular complexity index is 43.1. The number of hydrogen-bond donors (Lipinski definition) is 1. The Morgan fingerprint density at radius 1 is 0.846 bits per heavy atom. The van der Waals surface area contributed by atoms with E-state index in [4.69, 9.17) is 5.73 Å². The molecule has 0 atom stereocenters. The Balaban J connectivity index is -0.0000000573. The minimum atomic E-state index is 0.361. The molecule has 0 amide bonds. The first kappa shape index (κ1) is 23.1. The third-order valence-electron chi connectivity index (χ3n) is 1.51. The van der Waals surface area contributed by atoms with E-state index in [1.54, 1.807) is 0 Å². The molecule has 0 heterocycles. The molecule has 0 saturated heterocycles. The fourth-order valence-electron chi connectivity index (χ4n) is 0.144. The van der Waals surface area contributed by atoms with E-state index in [0.717, 1.165) is 6.54 Å². The van der Waals surface area contributed by atoms with Gasteiger partial charge >= 0.3 is 0 Å². The van der Waals surface area contributed by atoms with Crippen molar-refractivity contribution in [2.24, 2.45) is 11.1 Å². The van der Waals surface area contributed by atoms with Gasteiger partial charge in [-0.1, -0.05) is 62.3 Å². The molecular formula is C12H33N. The number of nitrogens with two attached hydrogens (primary N) is 1. The lowest BCUT2D eigenvalue weighted by molar-refractivity contribution is 0.365. The lowest BCUT2D eigenvalue weighted by atomic mass is 9.91. The number of rotatable bonds is 2. The molecule has 0 aromatic heterocycles. The van der Waals surface area contributed by atoms with Crippen molar-refractivity contribution in [3.05, 3.63) is 0 Å². The van der Waals surface area contributed by atoms with Crippen molar-refractivity contribution in [1.29, 1.82) is 0 Å². The van der Waals surface area contributed by atoms with Crippen LogP contribution in [0.5, 0.6) is 0 Å². The van der Waals surface area contributed by atoms with Crippen LogP contribution in [0, 0.1) is 5.41 Å². The van der Waals surface area contributed by atoms with Gasteiger partial charge in [-0.2, -0.15) is 0 Å². The van der Waals surface area contributed by atoms with Gasteiger partial charge < -0.3 is 5.73 Å².